The van der Waals surface area contributed by atoms with Crippen molar-refractivity contribution in [3.63, 3.8) is 0 Å². The zero-order chi connectivity index (χ0) is 15.8. The van der Waals surface area contributed by atoms with Crippen molar-refractivity contribution in [2.75, 3.05) is 13.1 Å². The number of guanidine groups is 1. The van der Waals surface area contributed by atoms with Crippen LogP contribution in [0.1, 0.15) is 35.5 Å². The smallest absolute Gasteiger partial charge is 0.226 e. The maximum atomic E-state index is 5.10. The van der Waals surface area contributed by atoms with Gasteiger partial charge in [0.25, 0.3) is 0 Å². The van der Waals surface area contributed by atoms with Crippen LogP contribution in [0, 0.1) is 13.8 Å². The number of aryl methyl sites for hydroxylation is 3. The Hall–Kier alpha value is -1.16. The van der Waals surface area contributed by atoms with Crippen LogP contribution in [0.5, 0.6) is 0 Å². The van der Waals surface area contributed by atoms with E-state index in [-0.39, 0.29) is 24.0 Å². The minimum absolute atomic E-state index is 0. The lowest BCUT2D eigenvalue weighted by Crippen LogP contribution is -2.37. The Labute approximate surface area is 158 Å². The molecule has 128 valence electrons. The van der Waals surface area contributed by atoms with Crippen LogP contribution in [0.25, 0.3) is 0 Å². The number of hydrogen-bond acceptors (Lipinski definition) is 5. The minimum Gasteiger partial charge on any atom is -0.357 e. The van der Waals surface area contributed by atoms with E-state index in [1.54, 1.807) is 11.3 Å². The van der Waals surface area contributed by atoms with E-state index in [2.05, 4.69) is 51.1 Å². The van der Waals surface area contributed by atoms with Crippen molar-refractivity contribution in [2.45, 2.75) is 40.2 Å². The number of nitrogens with one attached hydrogen (secondary N) is 2. The number of halogens is 1. The number of rotatable bonds is 7. The largest absolute Gasteiger partial charge is 0.357 e. The molecule has 0 amide bonds. The standard InChI is InChI=1S/C15H23N5OS.HI/c1-4-16-15(18-10-13-11(2)7-9-22-13)17-8-5-6-14-19-12(3)20-21-14;/h7,9H,4-6,8,10H2,1-3H3,(H2,16,17,18);1H. The van der Waals surface area contributed by atoms with Gasteiger partial charge in [-0.15, -0.1) is 35.3 Å². The Morgan fingerprint density at radius 3 is 2.78 bits per heavy atom. The Morgan fingerprint density at radius 2 is 2.17 bits per heavy atom. The average molecular weight is 449 g/mol. The molecule has 2 aromatic heterocycles. The summed E-state index contributed by atoms with van der Waals surface area (Å²) in [5.41, 5.74) is 1.30. The van der Waals surface area contributed by atoms with Crippen LogP contribution in [0.4, 0.5) is 0 Å². The first-order chi connectivity index (χ1) is 10.7. The van der Waals surface area contributed by atoms with Crippen LogP contribution < -0.4 is 10.6 Å². The van der Waals surface area contributed by atoms with Crippen molar-refractivity contribution in [3.05, 3.63) is 33.6 Å². The summed E-state index contributed by atoms with van der Waals surface area (Å²) in [6.45, 7) is 8.38. The second kappa shape index (κ2) is 10.6. The highest BCUT2D eigenvalue weighted by Crippen LogP contribution is 2.16. The third kappa shape index (κ3) is 6.86. The van der Waals surface area contributed by atoms with Crippen molar-refractivity contribution in [2.24, 2.45) is 4.99 Å². The molecule has 2 heterocycles. The van der Waals surface area contributed by atoms with E-state index in [0.717, 1.165) is 31.9 Å². The monoisotopic (exact) mass is 449 g/mol. The maximum Gasteiger partial charge on any atom is 0.226 e. The first kappa shape index (κ1) is 19.9. The number of aliphatic imine (C=N–C) groups is 1. The molecule has 8 heteroatoms. The third-order valence-electron chi connectivity index (χ3n) is 3.12. The van der Waals surface area contributed by atoms with Gasteiger partial charge < -0.3 is 15.2 Å². The molecule has 2 rings (SSSR count). The molecule has 0 spiro atoms. The maximum absolute atomic E-state index is 5.10. The SMILES string of the molecule is CCNC(=NCc1sccc1C)NCCCc1nc(C)no1.I. The summed E-state index contributed by atoms with van der Waals surface area (Å²) in [6.07, 6.45) is 1.70. The van der Waals surface area contributed by atoms with E-state index >= 15 is 0 Å². The quantitative estimate of drug-likeness (QED) is 0.294. The Balaban J connectivity index is 0.00000264. The minimum atomic E-state index is 0. The highest BCUT2D eigenvalue weighted by molar-refractivity contribution is 14.0. The van der Waals surface area contributed by atoms with Crippen LogP contribution in [0.3, 0.4) is 0 Å². The zero-order valence-electron chi connectivity index (χ0n) is 13.8. The van der Waals surface area contributed by atoms with Crippen LogP contribution in [-0.2, 0) is 13.0 Å². The topological polar surface area (TPSA) is 75.3 Å². The Kier molecular flexibility index (Phi) is 9.15. The van der Waals surface area contributed by atoms with Crippen molar-refractivity contribution in [1.82, 2.24) is 20.8 Å². The second-order valence-corrected chi connectivity index (χ2v) is 5.99. The Morgan fingerprint density at radius 1 is 1.35 bits per heavy atom. The number of thiophene rings is 1. The fraction of sp³-hybridized carbons (Fsp3) is 0.533. The molecule has 0 atom stereocenters. The normalized spacial score (nSPS) is 11.2. The molecule has 6 nitrogen and oxygen atoms in total. The summed E-state index contributed by atoms with van der Waals surface area (Å²) in [5.74, 6) is 2.22. The van der Waals surface area contributed by atoms with Gasteiger partial charge in [0, 0.05) is 24.4 Å². The van der Waals surface area contributed by atoms with E-state index in [9.17, 15) is 0 Å². The molecule has 0 fully saturated rings. The molecule has 0 saturated carbocycles. The molecule has 0 saturated heterocycles. The van der Waals surface area contributed by atoms with E-state index < -0.39 is 0 Å². The van der Waals surface area contributed by atoms with Gasteiger partial charge in [-0.2, -0.15) is 4.98 Å². The van der Waals surface area contributed by atoms with Gasteiger partial charge in [-0.05, 0) is 44.2 Å². The molecule has 0 aliphatic carbocycles. The summed E-state index contributed by atoms with van der Waals surface area (Å²) in [7, 11) is 0. The highest BCUT2D eigenvalue weighted by Gasteiger charge is 2.03. The molecule has 0 aliphatic rings. The fourth-order valence-corrected chi connectivity index (χ4v) is 2.78. The molecule has 0 radical (unpaired) electrons. The van der Waals surface area contributed by atoms with E-state index in [0.29, 0.717) is 18.3 Å². The van der Waals surface area contributed by atoms with Gasteiger partial charge in [-0.1, -0.05) is 5.16 Å². The summed E-state index contributed by atoms with van der Waals surface area (Å²) in [4.78, 5) is 10.1. The molecule has 0 bridgehead atoms. The summed E-state index contributed by atoms with van der Waals surface area (Å²) in [6, 6.07) is 2.13. The van der Waals surface area contributed by atoms with Crippen molar-refractivity contribution < 1.29 is 4.52 Å². The number of nitrogens with zero attached hydrogens (tertiary/aromatic N) is 3. The fourth-order valence-electron chi connectivity index (χ4n) is 1.95. The van der Waals surface area contributed by atoms with Crippen LogP contribution in [-0.4, -0.2) is 29.2 Å². The predicted octanol–water partition coefficient (Wildman–Crippen LogP) is 3.05. The Bertz CT molecular complexity index is 611. The van der Waals surface area contributed by atoms with Gasteiger partial charge in [0.2, 0.25) is 5.89 Å². The first-order valence-corrected chi connectivity index (χ1v) is 8.41. The molecule has 2 N–H and O–H groups in total. The average Bonchev–Trinajstić information content (AvgIpc) is 3.09. The highest BCUT2D eigenvalue weighted by atomic mass is 127. The van der Waals surface area contributed by atoms with Gasteiger partial charge in [0.15, 0.2) is 11.8 Å². The summed E-state index contributed by atoms with van der Waals surface area (Å²) in [5, 5.41) is 12.5. The second-order valence-electron chi connectivity index (χ2n) is 4.99. The van der Waals surface area contributed by atoms with Gasteiger partial charge in [0.05, 0.1) is 6.54 Å². The number of aromatic nitrogens is 2. The zero-order valence-corrected chi connectivity index (χ0v) is 16.9. The lowest BCUT2D eigenvalue weighted by atomic mass is 10.3. The first-order valence-electron chi connectivity index (χ1n) is 7.53. The number of hydrogen-bond donors (Lipinski definition) is 2. The van der Waals surface area contributed by atoms with E-state index in [4.69, 9.17) is 4.52 Å². The molecule has 23 heavy (non-hydrogen) atoms. The van der Waals surface area contributed by atoms with Crippen molar-refractivity contribution in [1.29, 1.82) is 0 Å². The van der Waals surface area contributed by atoms with Gasteiger partial charge >= 0.3 is 0 Å². The van der Waals surface area contributed by atoms with Crippen molar-refractivity contribution >= 4 is 41.3 Å². The summed E-state index contributed by atoms with van der Waals surface area (Å²) < 4.78 is 5.10. The lowest BCUT2D eigenvalue weighted by Gasteiger charge is -2.10. The van der Waals surface area contributed by atoms with Crippen molar-refractivity contribution in [3.8, 4) is 0 Å². The predicted molar refractivity (Wildman–Crippen MR) is 105 cm³/mol. The van der Waals surface area contributed by atoms with Crippen LogP contribution in [0.15, 0.2) is 21.0 Å². The molecular weight excluding hydrogens is 425 g/mol. The third-order valence-corrected chi connectivity index (χ3v) is 4.13. The summed E-state index contributed by atoms with van der Waals surface area (Å²) >= 11 is 1.75. The molecule has 2 aromatic rings. The van der Waals surface area contributed by atoms with E-state index in [1.165, 1.54) is 10.4 Å². The van der Waals surface area contributed by atoms with Gasteiger partial charge in [-0.25, -0.2) is 4.99 Å². The molecule has 0 aliphatic heterocycles. The molecule has 0 aromatic carbocycles. The van der Waals surface area contributed by atoms with Gasteiger partial charge in [-0.3, -0.25) is 0 Å². The lowest BCUT2D eigenvalue weighted by molar-refractivity contribution is 0.372. The molecule has 0 unspecified atom stereocenters. The molecular formula is C15H24IN5OS. The van der Waals surface area contributed by atoms with E-state index in [1.807, 2.05) is 6.92 Å². The van der Waals surface area contributed by atoms with Crippen LogP contribution >= 0.6 is 35.3 Å². The van der Waals surface area contributed by atoms with Gasteiger partial charge in [0.1, 0.15) is 0 Å². The van der Waals surface area contributed by atoms with Crippen LogP contribution in [0.2, 0.25) is 0 Å².